The quantitative estimate of drug-likeness (QED) is 0.728. The van der Waals surface area contributed by atoms with Crippen molar-refractivity contribution in [3.8, 4) is 11.5 Å². The molecule has 1 amide bonds. The number of benzene rings is 1. The van der Waals surface area contributed by atoms with Crippen LogP contribution in [0.4, 0.5) is 0 Å². The first-order valence-electron chi connectivity index (χ1n) is 9.45. The highest BCUT2D eigenvalue weighted by Gasteiger charge is 2.14. The largest absolute Gasteiger partial charge is 0.493 e. The van der Waals surface area contributed by atoms with E-state index in [4.69, 9.17) is 14.0 Å². The van der Waals surface area contributed by atoms with Crippen molar-refractivity contribution in [2.24, 2.45) is 0 Å². The molecule has 0 aliphatic carbocycles. The first kappa shape index (κ1) is 19.2. The normalized spacial score (nSPS) is 14.3. The van der Waals surface area contributed by atoms with Crippen LogP contribution in [0.1, 0.15) is 41.6 Å². The molecule has 2 heterocycles. The molecule has 0 bridgehead atoms. The molecule has 1 aromatic heterocycles. The predicted octanol–water partition coefficient (Wildman–Crippen LogP) is 2.65. The summed E-state index contributed by atoms with van der Waals surface area (Å²) in [4.78, 5) is 14.8. The van der Waals surface area contributed by atoms with Crippen molar-refractivity contribution in [3.05, 3.63) is 41.3 Å². The van der Waals surface area contributed by atoms with E-state index in [1.807, 2.05) is 13.0 Å². The lowest BCUT2D eigenvalue weighted by Gasteiger charge is -2.16. The van der Waals surface area contributed by atoms with Crippen LogP contribution in [-0.2, 0) is 13.0 Å². The van der Waals surface area contributed by atoms with Gasteiger partial charge in [-0.15, -0.1) is 0 Å². The highest BCUT2D eigenvalue weighted by molar-refractivity contribution is 5.94. The van der Waals surface area contributed by atoms with Crippen LogP contribution in [-0.4, -0.2) is 49.3 Å². The lowest BCUT2D eigenvalue weighted by atomic mass is 10.2. The van der Waals surface area contributed by atoms with Gasteiger partial charge in [0, 0.05) is 18.2 Å². The molecule has 3 rings (SSSR count). The summed E-state index contributed by atoms with van der Waals surface area (Å²) in [5.41, 5.74) is 1.39. The van der Waals surface area contributed by atoms with Gasteiger partial charge in [0.2, 0.25) is 0 Å². The molecule has 27 heavy (non-hydrogen) atoms. The number of nitrogens with zero attached hydrogens (tertiary/aromatic N) is 2. The molecule has 1 fully saturated rings. The van der Waals surface area contributed by atoms with Crippen LogP contribution in [0.5, 0.6) is 11.5 Å². The van der Waals surface area contributed by atoms with Gasteiger partial charge in [0.05, 0.1) is 19.3 Å². The summed E-state index contributed by atoms with van der Waals surface area (Å²) in [6.07, 6.45) is 3.31. The highest BCUT2D eigenvalue weighted by Crippen LogP contribution is 2.28. The lowest BCUT2D eigenvalue weighted by Crippen LogP contribution is -2.25. The number of ether oxygens (including phenoxy) is 2. The topological polar surface area (TPSA) is 76.8 Å². The number of methoxy groups -OCH3 is 1. The second-order valence-electron chi connectivity index (χ2n) is 6.58. The molecule has 1 aromatic carbocycles. The number of rotatable bonds is 9. The number of amides is 1. The maximum atomic E-state index is 12.5. The average molecular weight is 373 g/mol. The molecule has 1 saturated heterocycles. The predicted molar refractivity (Wildman–Crippen MR) is 101 cm³/mol. The fraction of sp³-hybridized carbons (Fsp3) is 0.500. The van der Waals surface area contributed by atoms with E-state index in [2.05, 4.69) is 15.4 Å². The molecule has 7 nitrogen and oxygen atoms in total. The van der Waals surface area contributed by atoms with Gasteiger partial charge in [-0.3, -0.25) is 9.69 Å². The third-order valence-corrected chi connectivity index (χ3v) is 4.68. The molecule has 0 spiro atoms. The summed E-state index contributed by atoms with van der Waals surface area (Å²) in [5, 5.41) is 6.76. The van der Waals surface area contributed by atoms with Crippen LogP contribution in [0, 0.1) is 0 Å². The Labute approximate surface area is 159 Å². The SMILES string of the molecule is CCc1cc(CNC(=O)c2ccc(OC)c(OCCN3CCCC3)c2)on1. The number of hydrogen-bond donors (Lipinski definition) is 1. The number of likely N-dealkylation sites (tertiary alicyclic amines) is 1. The zero-order chi connectivity index (χ0) is 19.1. The van der Waals surface area contributed by atoms with Gasteiger partial charge in [0.1, 0.15) is 6.61 Å². The van der Waals surface area contributed by atoms with Crippen molar-refractivity contribution < 1.29 is 18.8 Å². The Morgan fingerprint density at radius 3 is 2.78 bits per heavy atom. The minimum Gasteiger partial charge on any atom is -0.493 e. The van der Waals surface area contributed by atoms with E-state index in [9.17, 15) is 4.79 Å². The number of aryl methyl sites for hydroxylation is 1. The maximum Gasteiger partial charge on any atom is 0.251 e. The third-order valence-electron chi connectivity index (χ3n) is 4.68. The van der Waals surface area contributed by atoms with E-state index < -0.39 is 0 Å². The van der Waals surface area contributed by atoms with Crippen molar-refractivity contribution in [1.29, 1.82) is 0 Å². The van der Waals surface area contributed by atoms with Crippen molar-refractivity contribution in [1.82, 2.24) is 15.4 Å². The molecular formula is C20H27N3O4. The van der Waals surface area contributed by atoms with Crippen LogP contribution < -0.4 is 14.8 Å². The van der Waals surface area contributed by atoms with Crippen LogP contribution in [0.25, 0.3) is 0 Å². The second kappa shape index (κ2) is 9.41. The summed E-state index contributed by atoms with van der Waals surface area (Å²) < 4.78 is 16.4. The van der Waals surface area contributed by atoms with Crippen molar-refractivity contribution in [2.75, 3.05) is 33.4 Å². The summed E-state index contributed by atoms with van der Waals surface area (Å²) in [6, 6.07) is 7.04. The lowest BCUT2D eigenvalue weighted by molar-refractivity contribution is 0.0946. The van der Waals surface area contributed by atoms with Gasteiger partial charge in [0.25, 0.3) is 5.91 Å². The number of hydrogen-bond acceptors (Lipinski definition) is 6. The van der Waals surface area contributed by atoms with E-state index in [0.29, 0.717) is 36.0 Å². The summed E-state index contributed by atoms with van der Waals surface area (Å²) in [5.74, 6) is 1.64. The van der Waals surface area contributed by atoms with Gasteiger partial charge in [0.15, 0.2) is 17.3 Å². The van der Waals surface area contributed by atoms with Crippen LogP contribution >= 0.6 is 0 Å². The van der Waals surface area contributed by atoms with E-state index in [0.717, 1.165) is 31.7 Å². The minimum absolute atomic E-state index is 0.198. The number of carbonyl (C=O) groups is 1. The number of carbonyl (C=O) groups excluding carboxylic acids is 1. The van der Waals surface area contributed by atoms with Gasteiger partial charge < -0.3 is 19.3 Å². The Morgan fingerprint density at radius 1 is 1.26 bits per heavy atom. The van der Waals surface area contributed by atoms with E-state index in [1.54, 1.807) is 25.3 Å². The third kappa shape index (κ3) is 5.23. The molecular weight excluding hydrogens is 346 g/mol. The van der Waals surface area contributed by atoms with Crippen molar-refractivity contribution >= 4 is 5.91 Å². The zero-order valence-electron chi connectivity index (χ0n) is 16.0. The smallest absolute Gasteiger partial charge is 0.251 e. The Hall–Kier alpha value is -2.54. The summed E-state index contributed by atoms with van der Waals surface area (Å²) in [7, 11) is 1.59. The summed E-state index contributed by atoms with van der Waals surface area (Å²) >= 11 is 0. The van der Waals surface area contributed by atoms with Gasteiger partial charge >= 0.3 is 0 Å². The first-order valence-corrected chi connectivity index (χ1v) is 9.45. The Balaban J connectivity index is 1.57. The van der Waals surface area contributed by atoms with Gasteiger partial charge in [-0.1, -0.05) is 12.1 Å². The van der Waals surface area contributed by atoms with E-state index >= 15 is 0 Å². The van der Waals surface area contributed by atoms with Gasteiger partial charge in [-0.25, -0.2) is 0 Å². The molecule has 1 N–H and O–H groups in total. The fourth-order valence-corrected chi connectivity index (χ4v) is 3.10. The molecule has 0 saturated carbocycles. The van der Waals surface area contributed by atoms with Gasteiger partial charge in [-0.05, 0) is 50.6 Å². The van der Waals surface area contributed by atoms with Crippen molar-refractivity contribution in [3.63, 3.8) is 0 Å². The molecule has 146 valence electrons. The van der Waals surface area contributed by atoms with E-state index in [1.165, 1.54) is 12.8 Å². The maximum absolute atomic E-state index is 12.5. The molecule has 0 radical (unpaired) electrons. The molecule has 2 aromatic rings. The standard InChI is InChI=1S/C20H27N3O4/c1-3-16-13-17(27-22-16)14-21-20(24)15-6-7-18(25-2)19(12-15)26-11-10-23-8-4-5-9-23/h6-7,12-13H,3-5,8-11,14H2,1-2H3,(H,21,24). The molecule has 0 atom stereocenters. The number of nitrogens with one attached hydrogen (secondary N) is 1. The average Bonchev–Trinajstić information content (AvgIpc) is 3.37. The van der Waals surface area contributed by atoms with Gasteiger partial charge in [-0.2, -0.15) is 0 Å². The fourth-order valence-electron chi connectivity index (χ4n) is 3.10. The molecule has 7 heteroatoms. The first-order chi connectivity index (χ1) is 13.2. The Bertz CT molecular complexity index is 753. The van der Waals surface area contributed by atoms with Crippen LogP contribution in [0.2, 0.25) is 0 Å². The Kier molecular flexibility index (Phi) is 6.70. The summed E-state index contributed by atoms with van der Waals surface area (Å²) in [6.45, 7) is 6.00. The van der Waals surface area contributed by atoms with Crippen LogP contribution in [0.3, 0.4) is 0 Å². The minimum atomic E-state index is -0.198. The molecule has 1 aliphatic rings. The monoisotopic (exact) mass is 373 g/mol. The highest BCUT2D eigenvalue weighted by atomic mass is 16.5. The number of aromatic nitrogens is 1. The van der Waals surface area contributed by atoms with Crippen molar-refractivity contribution in [2.45, 2.75) is 32.7 Å². The van der Waals surface area contributed by atoms with Crippen LogP contribution in [0.15, 0.2) is 28.8 Å². The molecule has 1 aliphatic heterocycles. The second-order valence-corrected chi connectivity index (χ2v) is 6.58. The zero-order valence-corrected chi connectivity index (χ0v) is 16.0. The molecule has 0 unspecified atom stereocenters. The Morgan fingerprint density at radius 2 is 2.07 bits per heavy atom. The van der Waals surface area contributed by atoms with E-state index in [-0.39, 0.29) is 5.91 Å².